The first kappa shape index (κ1) is 24.9. The van der Waals surface area contributed by atoms with Gasteiger partial charge in [0.25, 0.3) is 5.91 Å². The third-order valence-electron chi connectivity index (χ3n) is 5.71. The first-order valence-electron chi connectivity index (χ1n) is 11.6. The summed E-state index contributed by atoms with van der Waals surface area (Å²) in [6, 6.07) is 23.6. The summed E-state index contributed by atoms with van der Waals surface area (Å²) in [7, 11) is 3.16. The average Bonchev–Trinajstić information content (AvgIpc) is 2.94. The van der Waals surface area contributed by atoms with E-state index in [0.29, 0.717) is 45.5 Å². The lowest BCUT2D eigenvalue weighted by atomic mass is 10.1. The molecule has 8 nitrogen and oxygen atoms in total. The molecule has 0 aliphatic heterocycles. The van der Waals surface area contributed by atoms with Crippen LogP contribution in [0.3, 0.4) is 0 Å². The third kappa shape index (κ3) is 5.45. The Hall–Kier alpha value is -4.82. The van der Waals surface area contributed by atoms with Crippen molar-refractivity contribution in [1.82, 2.24) is 9.97 Å². The average molecular weight is 527 g/mol. The van der Waals surface area contributed by atoms with Gasteiger partial charge in [-0.25, -0.2) is 4.98 Å². The standard InChI is InChI=1S/C29H23ClN4O4/c1-36-26-14-21-23(15-27(26)37-2)31-13-12-25(21)38-20-10-8-19(9-11-20)34-29(35)22-17-32-28(30)16-24(22)33-18-6-4-3-5-7-18/h3-17H,1-2H3,(H,32,33)(H,34,35). The van der Waals surface area contributed by atoms with E-state index < -0.39 is 0 Å². The Morgan fingerprint density at radius 2 is 1.55 bits per heavy atom. The van der Waals surface area contributed by atoms with E-state index in [2.05, 4.69) is 20.6 Å². The maximum Gasteiger partial charge on any atom is 0.259 e. The topological polar surface area (TPSA) is 94.6 Å². The van der Waals surface area contributed by atoms with Crippen LogP contribution in [0.5, 0.6) is 23.0 Å². The molecular weight excluding hydrogens is 504 g/mol. The summed E-state index contributed by atoms with van der Waals surface area (Å²) in [4.78, 5) is 21.6. The fourth-order valence-electron chi connectivity index (χ4n) is 3.86. The lowest BCUT2D eigenvalue weighted by Gasteiger charge is -2.14. The van der Waals surface area contributed by atoms with Gasteiger partial charge < -0.3 is 24.8 Å². The van der Waals surface area contributed by atoms with E-state index in [-0.39, 0.29) is 11.1 Å². The van der Waals surface area contributed by atoms with E-state index in [9.17, 15) is 4.79 Å². The Kier molecular flexibility index (Phi) is 7.24. The zero-order chi connectivity index (χ0) is 26.5. The molecule has 5 aromatic rings. The maximum absolute atomic E-state index is 13.1. The molecule has 0 unspecified atom stereocenters. The minimum Gasteiger partial charge on any atom is -0.493 e. The molecule has 0 saturated carbocycles. The summed E-state index contributed by atoms with van der Waals surface area (Å²) in [5, 5.41) is 7.17. The number of pyridine rings is 2. The Morgan fingerprint density at radius 3 is 2.29 bits per heavy atom. The number of carbonyl (C=O) groups excluding carboxylic acids is 1. The molecule has 0 saturated heterocycles. The van der Waals surface area contributed by atoms with E-state index in [1.165, 1.54) is 6.20 Å². The van der Waals surface area contributed by atoms with E-state index in [0.717, 1.165) is 11.1 Å². The summed E-state index contributed by atoms with van der Waals surface area (Å²) in [5.74, 6) is 2.03. The Morgan fingerprint density at radius 1 is 0.816 bits per heavy atom. The van der Waals surface area contributed by atoms with Gasteiger partial charge in [-0.1, -0.05) is 29.8 Å². The normalized spacial score (nSPS) is 10.6. The molecule has 2 heterocycles. The molecule has 38 heavy (non-hydrogen) atoms. The highest BCUT2D eigenvalue weighted by Gasteiger charge is 2.15. The van der Waals surface area contributed by atoms with Crippen LogP contribution in [-0.4, -0.2) is 30.1 Å². The molecule has 0 spiro atoms. The number of halogens is 1. The minimum absolute atomic E-state index is 0.279. The zero-order valence-electron chi connectivity index (χ0n) is 20.6. The Labute approximate surface area is 224 Å². The summed E-state index contributed by atoms with van der Waals surface area (Å²) in [6.45, 7) is 0. The van der Waals surface area contributed by atoms with E-state index in [4.69, 9.17) is 25.8 Å². The molecule has 0 atom stereocenters. The van der Waals surface area contributed by atoms with Crippen LogP contribution in [0.4, 0.5) is 17.1 Å². The SMILES string of the molecule is COc1cc2nccc(Oc3ccc(NC(=O)c4cnc(Cl)cc4Nc4ccccc4)cc3)c2cc1OC. The number of nitrogens with zero attached hydrogens (tertiary/aromatic N) is 2. The van der Waals surface area contributed by atoms with Crippen LogP contribution < -0.4 is 24.8 Å². The van der Waals surface area contributed by atoms with Crippen molar-refractivity contribution in [3.8, 4) is 23.0 Å². The number of hydrogen-bond acceptors (Lipinski definition) is 7. The second-order valence-corrected chi connectivity index (χ2v) is 8.54. The van der Waals surface area contributed by atoms with Gasteiger partial charge in [0.2, 0.25) is 0 Å². The lowest BCUT2D eigenvalue weighted by Crippen LogP contribution is -2.14. The molecule has 0 fully saturated rings. The quantitative estimate of drug-likeness (QED) is 0.208. The van der Waals surface area contributed by atoms with Crippen molar-refractivity contribution >= 4 is 45.5 Å². The minimum atomic E-state index is -0.331. The highest BCUT2D eigenvalue weighted by atomic mass is 35.5. The van der Waals surface area contributed by atoms with Gasteiger partial charge in [0, 0.05) is 35.2 Å². The van der Waals surface area contributed by atoms with Crippen molar-refractivity contribution in [2.75, 3.05) is 24.9 Å². The van der Waals surface area contributed by atoms with Crippen molar-refractivity contribution in [2.24, 2.45) is 0 Å². The number of nitrogens with one attached hydrogen (secondary N) is 2. The summed E-state index contributed by atoms with van der Waals surface area (Å²) < 4.78 is 16.9. The van der Waals surface area contributed by atoms with E-state index >= 15 is 0 Å². The summed E-state index contributed by atoms with van der Waals surface area (Å²) in [6.07, 6.45) is 3.11. The van der Waals surface area contributed by atoms with Gasteiger partial charge in [-0.2, -0.15) is 0 Å². The smallest absolute Gasteiger partial charge is 0.259 e. The van der Waals surface area contributed by atoms with Crippen LogP contribution in [0.25, 0.3) is 10.9 Å². The van der Waals surface area contributed by atoms with Crippen LogP contribution >= 0.6 is 11.6 Å². The molecule has 190 valence electrons. The molecule has 3 aromatic carbocycles. The van der Waals surface area contributed by atoms with Gasteiger partial charge in [0.1, 0.15) is 16.7 Å². The fraction of sp³-hybridized carbons (Fsp3) is 0.0690. The molecule has 9 heteroatoms. The number of ether oxygens (including phenoxy) is 3. The summed E-state index contributed by atoms with van der Waals surface area (Å²) >= 11 is 6.09. The molecule has 0 aliphatic rings. The number of aromatic nitrogens is 2. The van der Waals surface area contributed by atoms with Crippen LogP contribution in [0.15, 0.2) is 91.3 Å². The van der Waals surface area contributed by atoms with E-state index in [1.807, 2.05) is 36.4 Å². The van der Waals surface area contributed by atoms with Gasteiger partial charge in [0.15, 0.2) is 11.5 Å². The number of hydrogen-bond donors (Lipinski definition) is 2. The van der Waals surface area contributed by atoms with Crippen molar-refractivity contribution in [3.05, 3.63) is 102 Å². The number of rotatable bonds is 8. The zero-order valence-corrected chi connectivity index (χ0v) is 21.3. The highest BCUT2D eigenvalue weighted by molar-refractivity contribution is 6.30. The van der Waals surface area contributed by atoms with Crippen molar-refractivity contribution in [2.45, 2.75) is 0 Å². The number of benzene rings is 3. The molecule has 1 amide bonds. The van der Waals surface area contributed by atoms with Gasteiger partial charge in [-0.3, -0.25) is 9.78 Å². The van der Waals surface area contributed by atoms with E-state index in [1.54, 1.807) is 62.9 Å². The van der Waals surface area contributed by atoms with Gasteiger partial charge in [-0.05, 0) is 54.6 Å². The third-order valence-corrected chi connectivity index (χ3v) is 5.92. The largest absolute Gasteiger partial charge is 0.493 e. The monoisotopic (exact) mass is 526 g/mol. The second kappa shape index (κ2) is 11.1. The van der Waals surface area contributed by atoms with Gasteiger partial charge in [0.05, 0.1) is 31.0 Å². The predicted molar refractivity (Wildman–Crippen MR) is 148 cm³/mol. The number of amides is 1. The second-order valence-electron chi connectivity index (χ2n) is 8.16. The maximum atomic E-state index is 13.1. The molecule has 2 aromatic heterocycles. The number of methoxy groups -OCH3 is 2. The van der Waals surface area contributed by atoms with Crippen LogP contribution in [0.2, 0.25) is 5.15 Å². The molecule has 0 radical (unpaired) electrons. The number of anilines is 3. The Bertz CT molecular complexity index is 1590. The number of para-hydroxylation sites is 1. The summed E-state index contributed by atoms with van der Waals surface area (Å²) in [5.41, 5.74) is 3.02. The molecule has 5 rings (SSSR count). The van der Waals surface area contributed by atoms with Crippen LogP contribution in [-0.2, 0) is 0 Å². The van der Waals surface area contributed by atoms with Crippen LogP contribution in [0, 0.1) is 0 Å². The van der Waals surface area contributed by atoms with Crippen molar-refractivity contribution in [1.29, 1.82) is 0 Å². The number of fused-ring (bicyclic) bond motifs is 1. The fourth-order valence-corrected chi connectivity index (χ4v) is 4.02. The van der Waals surface area contributed by atoms with Crippen LogP contribution in [0.1, 0.15) is 10.4 Å². The molecular formula is C29H23ClN4O4. The highest BCUT2D eigenvalue weighted by Crippen LogP contribution is 2.37. The molecule has 0 bridgehead atoms. The van der Waals surface area contributed by atoms with Gasteiger partial charge >= 0.3 is 0 Å². The first-order chi connectivity index (χ1) is 18.5. The molecule has 2 N–H and O–H groups in total. The van der Waals surface area contributed by atoms with Crippen molar-refractivity contribution < 1.29 is 19.0 Å². The first-order valence-corrected chi connectivity index (χ1v) is 12.0. The lowest BCUT2D eigenvalue weighted by molar-refractivity contribution is 0.102. The molecule has 0 aliphatic carbocycles. The Balaban J connectivity index is 1.33. The number of carbonyl (C=O) groups is 1. The predicted octanol–water partition coefficient (Wildman–Crippen LogP) is 7.09. The van der Waals surface area contributed by atoms with Gasteiger partial charge in [-0.15, -0.1) is 0 Å². The van der Waals surface area contributed by atoms with Crippen molar-refractivity contribution in [3.63, 3.8) is 0 Å².